The van der Waals surface area contributed by atoms with Crippen molar-refractivity contribution in [3.05, 3.63) is 42.4 Å². The lowest BCUT2D eigenvalue weighted by atomic mass is 10.2. The molecule has 0 saturated carbocycles. The van der Waals surface area contributed by atoms with Crippen LogP contribution in [0.1, 0.15) is 12.0 Å². The SMILES string of the molecule is CN(C[C@@H]1C[C@H](F)CN1Cc1cnn(C)c1)C(=O)Nc1ccccn1. The van der Waals surface area contributed by atoms with Gasteiger partial charge in [0.2, 0.25) is 0 Å². The van der Waals surface area contributed by atoms with Gasteiger partial charge in [-0.3, -0.25) is 14.9 Å². The zero-order valence-electron chi connectivity index (χ0n) is 14.5. The molecule has 2 aromatic rings. The normalized spacial score (nSPS) is 20.6. The van der Waals surface area contributed by atoms with Crippen LogP contribution < -0.4 is 5.32 Å². The number of carbonyl (C=O) groups excluding carboxylic acids is 1. The van der Waals surface area contributed by atoms with Crippen molar-refractivity contribution < 1.29 is 9.18 Å². The van der Waals surface area contributed by atoms with Crippen LogP contribution in [0.2, 0.25) is 0 Å². The van der Waals surface area contributed by atoms with Crippen molar-refractivity contribution in [2.24, 2.45) is 7.05 Å². The monoisotopic (exact) mass is 346 g/mol. The van der Waals surface area contributed by atoms with Crippen molar-refractivity contribution in [1.29, 1.82) is 0 Å². The number of nitrogens with one attached hydrogen (secondary N) is 1. The molecule has 1 saturated heterocycles. The van der Waals surface area contributed by atoms with E-state index in [9.17, 15) is 9.18 Å². The third-order valence-electron chi connectivity index (χ3n) is 4.35. The highest BCUT2D eigenvalue weighted by atomic mass is 19.1. The van der Waals surface area contributed by atoms with Gasteiger partial charge in [0, 0.05) is 57.7 Å². The number of alkyl halides is 1. The van der Waals surface area contributed by atoms with E-state index >= 15 is 0 Å². The molecule has 25 heavy (non-hydrogen) atoms. The van der Waals surface area contributed by atoms with Crippen LogP contribution in [0, 0.1) is 0 Å². The van der Waals surface area contributed by atoms with Crippen LogP contribution in [0.4, 0.5) is 15.0 Å². The average Bonchev–Trinajstić information content (AvgIpc) is 3.14. The number of carbonyl (C=O) groups is 1. The lowest BCUT2D eigenvalue weighted by Gasteiger charge is -2.28. The maximum absolute atomic E-state index is 13.9. The number of aryl methyl sites for hydroxylation is 1. The minimum Gasteiger partial charge on any atom is -0.326 e. The summed E-state index contributed by atoms with van der Waals surface area (Å²) < 4.78 is 15.7. The fraction of sp³-hybridized carbons (Fsp3) is 0.471. The number of rotatable bonds is 5. The lowest BCUT2D eigenvalue weighted by molar-refractivity contribution is 0.183. The maximum Gasteiger partial charge on any atom is 0.322 e. The van der Waals surface area contributed by atoms with Gasteiger partial charge in [-0.25, -0.2) is 14.2 Å². The smallest absolute Gasteiger partial charge is 0.322 e. The zero-order valence-corrected chi connectivity index (χ0v) is 14.5. The number of amides is 2. The summed E-state index contributed by atoms with van der Waals surface area (Å²) in [4.78, 5) is 20.0. The first-order valence-corrected chi connectivity index (χ1v) is 8.30. The van der Waals surface area contributed by atoms with Crippen molar-refractivity contribution in [3.8, 4) is 0 Å². The van der Waals surface area contributed by atoms with Crippen molar-refractivity contribution >= 4 is 11.8 Å². The third kappa shape index (κ3) is 4.54. The van der Waals surface area contributed by atoms with Crippen LogP contribution in [0.25, 0.3) is 0 Å². The van der Waals surface area contributed by atoms with Crippen LogP contribution in [0.15, 0.2) is 36.8 Å². The summed E-state index contributed by atoms with van der Waals surface area (Å²) in [6, 6.07) is 5.06. The topological polar surface area (TPSA) is 66.3 Å². The first kappa shape index (κ1) is 17.3. The van der Waals surface area contributed by atoms with Crippen LogP contribution in [0.3, 0.4) is 0 Å². The molecule has 1 aliphatic heterocycles. The van der Waals surface area contributed by atoms with E-state index in [1.54, 1.807) is 41.2 Å². The number of anilines is 1. The van der Waals surface area contributed by atoms with Crippen LogP contribution in [-0.4, -0.2) is 62.9 Å². The van der Waals surface area contributed by atoms with Gasteiger partial charge in [0.1, 0.15) is 12.0 Å². The first-order valence-electron chi connectivity index (χ1n) is 8.30. The molecule has 0 spiro atoms. The summed E-state index contributed by atoms with van der Waals surface area (Å²) >= 11 is 0. The predicted octanol–water partition coefficient (Wildman–Crippen LogP) is 1.89. The van der Waals surface area contributed by atoms with E-state index in [1.807, 2.05) is 19.3 Å². The van der Waals surface area contributed by atoms with Gasteiger partial charge in [-0.05, 0) is 18.6 Å². The summed E-state index contributed by atoms with van der Waals surface area (Å²) in [7, 11) is 3.57. The molecule has 7 nitrogen and oxygen atoms in total. The van der Waals surface area contributed by atoms with Gasteiger partial charge in [-0.2, -0.15) is 5.10 Å². The minimum absolute atomic E-state index is 0.0188. The Morgan fingerprint density at radius 2 is 2.32 bits per heavy atom. The second-order valence-corrected chi connectivity index (χ2v) is 6.46. The Labute approximate surface area is 146 Å². The summed E-state index contributed by atoms with van der Waals surface area (Å²) in [5.41, 5.74) is 1.04. The zero-order chi connectivity index (χ0) is 17.8. The van der Waals surface area contributed by atoms with Gasteiger partial charge < -0.3 is 4.90 Å². The molecule has 3 heterocycles. The quantitative estimate of drug-likeness (QED) is 0.898. The summed E-state index contributed by atoms with van der Waals surface area (Å²) in [6.07, 6.45) is 4.91. The Kier molecular flexibility index (Phi) is 5.28. The van der Waals surface area contributed by atoms with Gasteiger partial charge in [0.15, 0.2) is 0 Å². The van der Waals surface area contributed by atoms with Crippen molar-refractivity contribution in [2.75, 3.05) is 25.5 Å². The highest BCUT2D eigenvalue weighted by Gasteiger charge is 2.33. The number of aromatic nitrogens is 3. The van der Waals surface area contributed by atoms with Gasteiger partial charge >= 0.3 is 6.03 Å². The number of likely N-dealkylation sites (tertiary alicyclic amines) is 1. The Bertz CT molecular complexity index is 706. The summed E-state index contributed by atoms with van der Waals surface area (Å²) in [6.45, 7) is 1.48. The van der Waals surface area contributed by atoms with Crippen LogP contribution >= 0.6 is 0 Å². The Morgan fingerprint density at radius 1 is 1.48 bits per heavy atom. The molecular weight excluding hydrogens is 323 g/mol. The number of pyridine rings is 1. The van der Waals surface area contributed by atoms with E-state index in [1.165, 1.54) is 0 Å². The van der Waals surface area contributed by atoms with Gasteiger partial charge in [0.05, 0.1) is 6.20 Å². The largest absolute Gasteiger partial charge is 0.326 e. The summed E-state index contributed by atoms with van der Waals surface area (Å²) in [5.74, 6) is 0.501. The third-order valence-corrected chi connectivity index (χ3v) is 4.35. The summed E-state index contributed by atoms with van der Waals surface area (Å²) in [5, 5.41) is 6.90. The predicted molar refractivity (Wildman–Crippen MR) is 92.8 cm³/mol. The average molecular weight is 346 g/mol. The number of hydrogen-bond acceptors (Lipinski definition) is 4. The Hall–Kier alpha value is -2.48. The molecule has 0 aromatic carbocycles. The maximum atomic E-state index is 13.9. The number of urea groups is 1. The van der Waals surface area contributed by atoms with Crippen LogP contribution in [0.5, 0.6) is 0 Å². The van der Waals surface area contributed by atoms with Crippen molar-refractivity contribution in [3.63, 3.8) is 0 Å². The molecule has 1 aliphatic rings. The van der Waals surface area contributed by atoms with Crippen molar-refractivity contribution in [2.45, 2.75) is 25.2 Å². The molecule has 0 radical (unpaired) electrons. The second-order valence-electron chi connectivity index (χ2n) is 6.46. The fourth-order valence-corrected chi connectivity index (χ4v) is 3.13. The van der Waals surface area contributed by atoms with Gasteiger partial charge in [-0.1, -0.05) is 6.07 Å². The van der Waals surface area contributed by atoms with E-state index in [0.29, 0.717) is 31.9 Å². The molecule has 0 aliphatic carbocycles. The number of halogens is 1. The highest BCUT2D eigenvalue weighted by Crippen LogP contribution is 2.23. The first-order chi connectivity index (χ1) is 12.0. The van der Waals surface area contributed by atoms with Gasteiger partial charge in [-0.15, -0.1) is 0 Å². The Balaban J connectivity index is 1.58. The molecule has 2 aromatic heterocycles. The molecule has 0 bridgehead atoms. The van der Waals surface area contributed by atoms with Gasteiger partial charge in [0.25, 0.3) is 0 Å². The molecule has 1 N–H and O–H groups in total. The van der Waals surface area contributed by atoms with E-state index in [4.69, 9.17) is 0 Å². The number of nitrogens with zero attached hydrogens (tertiary/aromatic N) is 5. The molecule has 2 atom stereocenters. The fourth-order valence-electron chi connectivity index (χ4n) is 3.13. The van der Waals surface area contributed by atoms with E-state index < -0.39 is 6.17 Å². The molecular formula is C17H23FN6O. The molecule has 134 valence electrons. The van der Waals surface area contributed by atoms with E-state index in [-0.39, 0.29) is 12.1 Å². The minimum atomic E-state index is -0.867. The second kappa shape index (κ2) is 7.60. The molecule has 2 amide bonds. The molecule has 1 fully saturated rings. The molecule has 3 rings (SSSR count). The van der Waals surface area contributed by atoms with Crippen molar-refractivity contribution in [1.82, 2.24) is 24.6 Å². The standard InChI is InChI=1S/C17H23FN6O/c1-22(17(25)21-16-5-3-4-6-19-16)12-15-7-14(18)11-24(15)10-13-8-20-23(2)9-13/h3-6,8-9,14-15H,7,10-12H2,1-2H3,(H,19,21,25)/t14-,15-/m0/s1. The number of hydrogen-bond donors (Lipinski definition) is 1. The van der Waals surface area contributed by atoms with E-state index in [0.717, 1.165) is 5.56 Å². The lowest BCUT2D eigenvalue weighted by Crippen LogP contribution is -2.42. The van der Waals surface area contributed by atoms with E-state index in [2.05, 4.69) is 20.3 Å². The van der Waals surface area contributed by atoms with Crippen LogP contribution in [-0.2, 0) is 13.6 Å². The highest BCUT2D eigenvalue weighted by molar-refractivity contribution is 5.88. The molecule has 8 heteroatoms. The molecule has 0 unspecified atom stereocenters. The number of likely N-dealkylation sites (N-methyl/N-ethyl adjacent to an activating group) is 1. The Morgan fingerprint density at radius 3 is 3.00 bits per heavy atom.